The van der Waals surface area contributed by atoms with Crippen LogP contribution >= 0.6 is 0 Å². The zero-order chi connectivity index (χ0) is 18.0. The van der Waals surface area contributed by atoms with Gasteiger partial charge >= 0.3 is 5.97 Å². The molecule has 2 fully saturated rings. The largest absolute Gasteiger partial charge is 0.462 e. The fourth-order valence-corrected chi connectivity index (χ4v) is 3.97. The van der Waals surface area contributed by atoms with Crippen LogP contribution in [0.4, 0.5) is 5.69 Å². The van der Waals surface area contributed by atoms with Gasteiger partial charge < -0.3 is 9.64 Å². The van der Waals surface area contributed by atoms with Gasteiger partial charge in [0.05, 0.1) is 5.41 Å². The second-order valence-corrected chi connectivity index (χ2v) is 8.45. The normalized spacial score (nSPS) is 24.0. The van der Waals surface area contributed by atoms with Gasteiger partial charge in [-0.2, -0.15) is 0 Å². The van der Waals surface area contributed by atoms with Crippen LogP contribution in [0.2, 0.25) is 0 Å². The summed E-state index contributed by atoms with van der Waals surface area (Å²) in [6, 6.07) is 8.79. The van der Waals surface area contributed by atoms with Crippen LogP contribution in [0.1, 0.15) is 52.0 Å². The van der Waals surface area contributed by atoms with Gasteiger partial charge in [-0.1, -0.05) is 32.0 Å². The minimum atomic E-state index is -0.302. The van der Waals surface area contributed by atoms with Crippen LogP contribution in [-0.4, -0.2) is 49.7 Å². The average molecular weight is 344 g/mol. The number of esters is 1. The topological polar surface area (TPSA) is 32.8 Å². The minimum Gasteiger partial charge on any atom is -0.462 e. The minimum absolute atomic E-state index is 0.0346. The molecular weight excluding hydrogens is 312 g/mol. The van der Waals surface area contributed by atoms with Gasteiger partial charge in [-0.05, 0) is 44.2 Å². The maximum Gasteiger partial charge on any atom is 0.311 e. The highest BCUT2D eigenvalue weighted by atomic mass is 16.6. The van der Waals surface area contributed by atoms with Gasteiger partial charge in [0.15, 0.2) is 0 Å². The van der Waals surface area contributed by atoms with Crippen molar-refractivity contribution < 1.29 is 9.53 Å². The van der Waals surface area contributed by atoms with Crippen LogP contribution < -0.4 is 4.90 Å². The monoisotopic (exact) mass is 344 g/mol. The standard InChI is InChI=1S/C21H32N2O2/c1-16(2)18-7-5-6-8-19(18)23-13-11-22(12-14-23)10-9-17-15-21(3,4)20(24)25-17/h5-8,16-17H,9-15H2,1-4H3. The number of cyclic esters (lactones) is 1. The summed E-state index contributed by atoms with van der Waals surface area (Å²) in [6.07, 6.45) is 1.91. The van der Waals surface area contributed by atoms with E-state index in [-0.39, 0.29) is 17.5 Å². The molecule has 1 atom stereocenters. The van der Waals surface area contributed by atoms with E-state index >= 15 is 0 Å². The first-order chi connectivity index (χ1) is 11.9. The molecule has 2 aliphatic rings. The molecule has 0 spiro atoms. The molecule has 138 valence electrons. The van der Waals surface area contributed by atoms with Gasteiger partial charge in [-0.3, -0.25) is 9.69 Å². The van der Waals surface area contributed by atoms with Crippen molar-refractivity contribution in [1.29, 1.82) is 0 Å². The summed E-state index contributed by atoms with van der Waals surface area (Å²) in [5.41, 5.74) is 2.53. The zero-order valence-corrected chi connectivity index (χ0v) is 16.1. The van der Waals surface area contributed by atoms with Crippen molar-refractivity contribution in [3.8, 4) is 0 Å². The Morgan fingerprint density at radius 2 is 1.84 bits per heavy atom. The number of rotatable bonds is 5. The number of hydrogen-bond acceptors (Lipinski definition) is 4. The lowest BCUT2D eigenvalue weighted by Gasteiger charge is -2.37. The Morgan fingerprint density at radius 1 is 1.16 bits per heavy atom. The smallest absolute Gasteiger partial charge is 0.311 e. The van der Waals surface area contributed by atoms with Crippen molar-refractivity contribution in [2.24, 2.45) is 5.41 Å². The van der Waals surface area contributed by atoms with Crippen LogP contribution in [0.5, 0.6) is 0 Å². The van der Waals surface area contributed by atoms with E-state index in [9.17, 15) is 4.79 Å². The van der Waals surface area contributed by atoms with Crippen LogP contribution in [0.15, 0.2) is 24.3 Å². The summed E-state index contributed by atoms with van der Waals surface area (Å²) in [5, 5.41) is 0. The maximum absolute atomic E-state index is 11.8. The molecule has 0 aromatic heterocycles. The molecule has 0 saturated carbocycles. The first-order valence-corrected chi connectivity index (χ1v) is 9.64. The second kappa shape index (κ2) is 7.36. The summed E-state index contributed by atoms with van der Waals surface area (Å²) >= 11 is 0. The van der Waals surface area contributed by atoms with E-state index in [4.69, 9.17) is 4.74 Å². The SMILES string of the molecule is CC(C)c1ccccc1N1CCN(CCC2CC(C)(C)C(=O)O2)CC1. The lowest BCUT2D eigenvalue weighted by molar-refractivity contribution is -0.147. The van der Waals surface area contributed by atoms with E-state index in [1.54, 1.807) is 0 Å². The first kappa shape index (κ1) is 18.2. The molecule has 1 aromatic rings. The third kappa shape index (κ3) is 4.17. The van der Waals surface area contributed by atoms with Gasteiger partial charge in [0.1, 0.15) is 6.10 Å². The Kier molecular flexibility index (Phi) is 5.38. The molecule has 4 heteroatoms. The number of carbonyl (C=O) groups is 1. The molecule has 25 heavy (non-hydrogen) atoms. The second-order valence-electron chi connectivity index (χ2n) is 8.45. The lowest BCUT2D eigenvalue weighted by Crippen LogP contribution is -2.47. The fraction of sp³-hybridized carbons (Fsp3) is 0.667. The predicted octanol–water partition coefficient (Wildman–Crippen LogP) is 3.66. The number of ether oxygens (including phenoxy) is 1. The molecule has 0 amide bonds. The van der Waals surface area contributed by atoms with Crippen molar-refractivity contribution in [3.63, 3.8) is 0 Å². The molecule has 1 unspecified atom stereocenters. The number of piperazine rings is 1. The van der Waals surface area contributed by atoms with Gasteiger partial charge in [-0.15, -0.1) is 0 Å². The zero-order valence-electron chi connectivity index (χ0n) is 16.1. The van der Waals surface area contributed by atoms with Crippen molar-refractivity contribution in [2.75, 3.05) is 37.6 Å². The molecule has 0 radical (unpaired) electrons. The number of para-hydroxylation sites is 1. The van der Waals surface area contributed by atoms with Crippen LogP contribution in [-0.2, 0) is 9.53 Å². The number of carbonyl (C=O) groups excluding carboxylic acids is 1. The average Bonchev–Trinajstić information content (AvgIpc) is 2.86. The Bertz CT molecular complexity index is 604. The Balaban J connectivity index is 1.49. The molecule has 0 bridgehead atoms. The van der Waals surface area contributed by atoms with Crippen LogP contribution in [0, 0.1) is 5.41 Å². The Morgan fingerprint density at radius 3 is 2.44 bits per heavy atom. The third-order valence-electron chi connectivity index (χ3n) is 5.60. The highest BCUT2D eigenvalue weighted by Crippen LogP contribution is 2.34. The summed E-state index contributed by atoms with van der Waals surface area (Å²) < 4.78 is 5.52. The molecule has 1 aromatic carbocycles. The predicted molar refractivity (Wildman–Crippen MR) is 102 cm³/mol. The summed E-state index contributed by atoms with van der Waals surface area (Å²) in [4.78, 5) is 16.8. The van der Waals surface area contributed by atoms with Crippen LogP contribution in [0.25, 0.3) is 0 Å². The summed E-state index contributed by atoms with van der Waals surface area (Å²) in [7, 11) is 0. The molecule has 3 rings (SSSR count). The first-order valence-electron chi connectivity index (χ1n) is 9.64. The van der Waals surface area contributed by atoms with Crippen molar-refractivity contribution >= 4 is 11.7 Å². The summed E-state index contributed by atoms with van der Waals surface area (Å²) in [5.74, 6) is 0.516. The number of benzene rings is 1. The van der Waals surface area contributed by atoms with Gasteiger partial charge in [-0.25, -0.2) is 0 Å². The molecule has 4 nitrogen and oxygen atoms in total. The molecule has 0 N–H and O–H groups in total. The third-order valence-corrected chi connectivity index (χ3v) is 5.60. The number of nitrogens with zero attached hydrogens (tertiary/aromatic N) is 2. The van der Waals surface area contributed by atoms with Gasteiger partial charge in [0, 0.05) is 38.4 Å². The van der Waals surface area contributed by atoms with E-state index in [1.807, 2.05) is 13.8 Å². The molecule has 2 saturated heterocycles. The molecule has 2 heterocycles. The van der Waals surface area contributed by atoms with Gasteiger partial charge in [0.2, 0.25) is 0 Å². The molecule has 2 aliphatic heterocycles. The van der Waals surface area contributed by atoms with Crippen molar-refractivity contribution in [1.82, 2.24) is 4.90 Å². The van der Waals surface area contributed by atoms with E-state index in [1.165, 1.54) is 11.3 Å². The van der Waals surface area contributed by atoms with E-state index in [2.05, 4.69) is 47.9 Å². The maximum atomic E-state index is 11.8. The van der Waals surface area contributed by atoms with E-state index in [0.717, 1.165) is 45.6 Å². The highest BCUT2D eigenvalue weighted by molar-refractivity contribution is 5.78. The summed E-state index contributed by atoms with van der Waals surface area (Å²) in [6.45, 7) is 13.8. The number of hydrogen-bond donors (Lipinski definition) is 0. The quantitative estimate of drug-likeness (QED) is 0.763. The van der Waals surface area contributed by atoms with Gasteiger partial charge in [0.25, 0.3) is 0 Å². The van der Waals surface area contributed by atoms with Crippen LogP contribution in [0.3, 0.4) is 0 Å². The Labute approximate surface area is 152 Å². The Hall–Kier alpha value is -1.55. The lowest BCUT2D eigenvalue weighted by atomic mass is 9.89. The fourth-order valence-electron chi connectivity index (χ4n) is 3.97. The molecule has 0 aliphatic carbocycles. The highest BCUT2D eigenvalue weighted by Gasteiger charge is 2.41. The van der Waals surface area contributed by atoms with Crippen molar-refractivity contribution in [2.45, 2.75) is 52.6 Å². The van der Waals surface area contributed by atoms with E-state index in [0.29, 0.717) is 5.92 Å². The molecular formula is C21H32N2O2. The van der Waals surface area contributed by atoms with E-state index < -0.39 is 0 Å². The number of anilines is 1. The van der Waals surface area contributed by atoms with Crippen molar-refractivity contribution in [3.05, 3.63) is 29.8 Å².